The van der Waals surface area contributed by atoms with Gasteiger partial charge in [-0.15, -0.1) is 0 Å². The molecule has 13 nitrogen and oxygen atoms in total. The molecule has 1 unspecified atom stereocenters. The number of ether oxygens (including phenoxy) is 1. The summed E-state index contributed by atoms with van der Waals surface area (Å²) >= 11 is 0. The second kappa shape index (κ2) is 14.3. The van der Waals surface area contributed by atoms with Crippen LogP contribution in [0.25, 0.3) is 0 Å². The number of piperidine rings is 1. The van der Waals surface area contributed by atoms with Crippen LogP contribution < -0.4 is 5.32 Å². The van der Waals surface area contributed by atoms with Crippen molar-refractivity contribution in [3.8, 4) is 0 Å². The molecule has 36 heavy (non-hydrogen) atoms. The third-order valence-corrected chi connectivity index (χ3v) is 5.05. The van der Waals surface area contributed by atoms with Gasteiger partial charge in [-0.3, -0.25) is 48.4 Å². The molecule has 204 valence electrons. The van der Waals surface area contributed by atoms with Crippen molar-refractivity contribution in [2.75, 3.05) is 41.3 Å². The normalized spacial score (nSPS) is 18.4. The molecule has 0 radical (unpaired) electrons. The van der Waals surface area contributed by atoms with Gasteiger partial charge in [0.2, 0.25) is 29.5 Å². The minimum atomic E-state index is -0.674. The predicted molar refractivity (Wildman–Crippen MR) is 129 cm³/mol. The number of alkyl carbamates (subject to hydrolysis) is 1. The fourth-order valence-corrected chi connectivity index (χ4v) is 2.78. The lowest BCUT2D eigenvalue weighted by atomic mass is 10.1. The Kier molecular flexibility index (Phi) is 12.9. The standard InChI is InChI=1S/C11H18N2O4.C6H10N2O2.C6H11NO2/c1-11(2,3)17-10(16)12-7-5-6-8(14)13(4)9(7)15;1-7-3-5(9)8(2)6(10)4-7;1-4-6(9)7(3)5(2)8/h7H,5-6H2,1-4H3,(H,12,16);3-4H2,1-2H3;4H2,1-3H3. The highest BCUT2D eigenvalue weighted by molar-refractivity contribution is 6.01. The van der Waals surface area contributed by atoms with Gasteiger partial charge in [0.25, 0.3) is 5.91 Å². The molecule has 1 atom stereocenters. The van der Waals surface area contributed by atoms with E-state index in [1.165, 1.54) is 33.0 Å². The highest BCUT2D eigenvalue weighted by Gasteiger charge is 2.33. The van der Waals surface area contributed by atoms with Crippen molar-refractivity contribution in [1.29, 1.82) is 0 Å². The largest absolute Gasteiger partial charge is 0.444 e. The molecule has 2 saturated heterocycles. The lowest BCUT2D eigenvalue weighted by molar-refractivity contribution is -0.149. The molecule has 2 heterocycles. The fourth-order valence-electron chi connectivity index (χ4n) is 2.78. The molecule has 0 saturated carbocycles. The van der Waals surface area contributed by atoms with E-state index in [1.54, 1.807) is 39.6 Å². The molecule has 0 aromatic rings. The number of carbonyl (C=O) groups excluding carboxylic acids is 7. The van der Waals surface area contributed by atoms with E-state index in [2.05, 4.69) is 5.32 Å². The van der Waals surface area contributed by atoms with Gasteiger partial charge in [-0.2, -0.15) is 0 Å². The van der Waals surface area contributed by atoms with E-state index in [-0.39, 0.29) is 36.0 Å². The first-order valence-electron chi connectivity index (χ1n) is 11.5. The van der Waals surface area contributed by atoms with Crippen molar-refractivity contribution < 1.29 is 38.3 Å². The highest BCUT2D eigenvalue weighted by Crippen LogP contribution is 2.13. The number of hydrogen-bond donors (Lipinski definition) is 1. The summed E-state index contributed by atoms with van der Waals surface area (Å²) in [7, 11) is 6.15. The number of nitrogens with one attached hydrogen (secondary N) is 1. The summed E-state index contributed by atoms with van der Waals surface area (Å²) in [6, 6.07) is -0.674. The van der Waals surface area contributed by atoms with Crippen LogP contribution in [-0.2, 0) is 33.5 Å². The summed E-state index contributed by atoms with van der Waals surface area (Å²) < 4.78 is 5.05. The van der Waals surface area contributed by atoms with Gasteiger partial charge in [-0.1, -0.05) is 6.92 Å². The Balaban J connectivity index is 0.000000551. The van der Waals surface area contributed by atoms with Gasteiger partial charge in [0.15, 0.2) is 0 Å². The average Bonchev–Trinajstić information content (AvgIpc) is 2.76. The number of likely N-dealkylation sites (N-methyl/N-ethyl adjacent to an activating group) is 3. The van der Waals surface area contributed by atoms with Crippen molar-refractivity contribution in [3.05, 3.63) is 0 Å². The van der Waals surface area contributed by atoms with E-state index in [0.717, 1.165) is 9.80 Å². The summed E-state index contributed by atoms with van der Waals surface area (Å²) in [6.45, 7) is 9.01. The Labute approximate surface area is 212 Å². The van der Waals surface area contributed by atoms with Gasteiger partial charge in [-0.05, 0) is 34.2 Å². The minimum absolute atomic E-state index is 0.126. The molecular formula is C23H39N5O8. The van der Waals surface area contributed by atoms with Crippen LogP contribution in [0.15, 0.2) is 0 Å². The number of likely N-dealkylation sites (tertiary alicyclic amines) is 1. The van der Waals surface area contributed by atoms with E-state index >= 15 is 0 Å². The Morgan fingerprint density at radius 2 is 1.47 bits per heavy atom. The van der Waals surface area contributed by atoms with Crippen LogP contribution >= 0.6 is 0 Å². The SMILES string of the molecule is CCC(=O)N(C)C(C)=O.CN1C(=O)CCC(NC(=O)OC(C)(C)C)C1=O.CN1CC(=O)N(C)C(=O)C1. The van der Waals surface area contributed by atoms with Crippen LogP contribution in [-0.4, -0.2) is 114 Å². The number of hydrogen-bond acceptors (Lipinski definition) is 9. The molecule has 0 aromatic heterocycles. The summed E-state index contributed by atoms with van der Waals surface area (Å²) in [5.41, 5.74) is -0.608. The monoisotopic (exact) mass is 513 g/mol. The second-order valence-electron chi connectivity index (χ2n) is 9.37. The molecule has 0 bridgehead atoms. The zero-order valence-corrected chi connectivity index (χ0v) is 22.7. The zero-order valence-electron chi connectivity index (χ0n) is 22.7. The van der Waals surface area contributed by atoms with E-state index in [0.29, 0.717) is 25.9 Å². The third-order valence-electron chi connectivity index (χ3n) is 5.05. The second-order valence-corrected chi connectivity index (χ2v) is 9.37. The van der Waals surface area contributed by atoms with Crippen LogP contribution in [0, 0.1) is 0 Å². The molecule has 13 heteroatoms. The van der Waals surface area contributed by atoms with Gasteiger partial charge < -0.3 is 10.1 Å². The molecule has 1 N–H and O–H groups in total. The summed E-state index contributed by atoms with van der Waals surface area (Å²) in [5, 5.41) is 2.47. The van der Waals surface area contributed by atoms with E-state index in [4.69, 9.17) is 4.74 Å². The highest BCUT2D eigenvalue weighted by atomic mass is 16.6. The van der Waals surface area contributed by atoms with Crippen LogP contribution in [0.1, 0.15) is 53.9 Å². The summed E-state index contributed by atoms with van der Waals surface area (Å²) in [5.74, 6) is -1.22. The number of rotatable bonds is 2. The number of imide groups is 3. The first-order valence-corrected chi connectivity index (χ1v) is 11.5. The molecule has 0 aliphatic carbocycles. The van der Waals surface area contributed by atoms with Gasteiger partial charge in [0.05, 0.1) is 13.1 Å². The van der Waals surface area contributed by atoms with Crippen LogP contribution in [0.5, 0.6) is 0 Å². The first-order chi connectivity index (χ1) is 16.4. The van der Waals surface area contributed by atoms with Crippen molar-refractivity contribution in [2.24, 2.45) is 0 Å². The van der Waals surface area contributed by atoms with E-state index < -0.39 is 23.6 Å². The Morgan fingerprint density at radius 3 is 1.86 bits per heavy atom. The lowest BCUT2D eigenvalue weighted by Gasteiger charge is -2.29. The fraction of sp³-hybridized carbons (Fsp3) is 0.696. The Morgan fingerprint density at radius 1 is 0.972 bits per heavy atom. The Hall–Kier alpha value is -3.35. The number of amides is 7. The predicted octanol–water partition coefficient (Wildman–Crippen LogP) is -0.0234. The third kappa shape index (κ3) is 11.4. The quantitative estimate of drug-likeness (QED) is 0.502. The molecule has 2 fully saturated rings. The minimum Gasteiger partial charge on any atom is -0.444 e. The molecular weight excluding hydrogens is 474 g/mol. The average molecular weight is 514 g/mol. The number of nitrogens with zero attached hydrogens (tertiary/aromatic N) is 4. The van der Waals surface area contributed by atoms with Crippen molar-refractivity contribution >= 4 is 41.5 Å². The number of piperazine rings is 1. The van der Waals surface area contributed by atoms with Crippen molar-refractivity contribution in [3.63, 3.8) is 0 Å². The van der Waals surface area contributed by atoms with Crippen LogP contribution in [0.2, 0.25) is 0 Å². The molecule has 2 aliphatic heterocycles. The van der Waals surface area contributed by atoms with Gasteiger partial charge in [-0.25, -0.2) is 4.79 Å². The van der Waals surface area contributed by atoms with Gasteiger partial charge in [0, 0.05) is 40.9 Å². The molecule has 0 spiro atoms. The molecule has 0 aromatic carbocycles. The van der Waals surface area contributed by atoms with Crippen molar-refractivity contribution in [2.45, 2.75) is 65.5 Å². The zero-order chi connectivity index (χ0) is 28.4. The maximum atomic E-state index is 11.7. The number of carbonyl (C=O) groups is 7. The topological polar surface area (TPSA) is 154 Å². The molecule has 2 rings (SSSR count). The smallest absolute Gasteiger partial charge is 0.408 e. The maximum absolute atomic E-state index is 11.7. The summed E-state index contributed by atoms with van der Waals surface area (Å²) in [6.07, 6.45) is 0.318. The molecule has 7 amide bonds. The van der Waals surface area contributed by atoms with E-state index in [1.807, 2.05) is 0 Å². The van der Waals surface area contributed by atoms with Gasteiger partial charge in [0.1, 0.15) is 11.6 Å². The van der Waals surface area contributed by atoms with Crippen LogP contribution in [0.3, 0.4) is 0 Å². The first kappa shape index (κ1) is 32.7. The summed E-state index contributed by atoms with van der Waals surface area (Å²) in [4.78, 5) is 82.2. The lowest BCUT2D eigenvalue weighted by Crippen LogP contribution is -2.53. The molecule has 2 aliphatic rings. The van der Waals surface area contributed by atoms with Crippen molar-refractivity contribution in [1.82, 2.24) is 24.9 Å². The van der Waals surface area contributed by atoms with Crippen LogP contribution in [0.4, 0.5) is 4.79 Å². The van der Waals surface area contributed by atoms with E-state index in [9.17, 15) is 33.6 Å². The Bertz CT molecular complexity index is 849. The maximum Gasteiger partial charge on any atom is 0.408 e. The van der Waals surface area contributed by atoms with Gasteiger partial charge >= 0.3 is 6.09 Å².